The molecule has 0 fully saturated rings. The molecule has 2 aromatic carbocycles. The number of hydrogen-bond acceptors (Lipinski definition) is 5. The Morgan fingerprint density at radius 2 is 1.76 bits per heavy atom. The smallest absolute Gasteiger partial charge is 0.329 e. The zero-order valence-electron chi connectivity index (χ0n) is 16.4. The predicted molar refractivity (Wildman–Crippen MR) is 111 cm³/mol. The van der Waals surface area contributed by atoms with Crippen molar-refractivity contribution in [3.63, 3.8) is 0 Å². The maximum Gasteiger partial charge on any atom is 0.329 e. The summed E-state index contributed by atoms with van der Waals surface area (Å²) in [5, 5.41) is 5.50. The number of Topliss-reactive ketones (excluding diaryl/α,β-unsaturated/α-hetero) is 1. The number of urea groups is 1. The summed E-state index contributed by atoms with van der Waals surface area (Å²) in [5.41, 5.74) is 0.881. The molecule has 0 saturated carbocycles. The van der Waals surface area contributed by atoms with E-state index in [0.29, 0.717) is 17.0 Å². The van der Waals surface area contributed by atoms with Gasteiger partial charge in [-0.25, -0.2) is 9.59 Å². The van der Waals surface area contributed by atoms with Crippen molar-refractivity contribution in [2.24, 2.45) is 5.92 Å². The molecule has 2 N–H and O–H groups in total. The van der Waals surface area contributed by atoms with Gasteiger partial charge in [-0.2, -0.15) is 0 Å². The zero-order chi connectivity index (χ0) is 21.4. The molecular weight excluding hydrogens is 396 g/mol. The van der Waals surface area contributed by atoms with Crippen LogP contribution in [-0.2, 0) is 9.53 Å². The van der Waals surface area contributed by atoms with Crippen LogP contribution in [0.15, 0.2) is 48.5 Å². The molecule has 0 spiro atoms. The minimum absolute atomic E-state index is 0.241. The van der Waals surface area contributed by atoms with Crippen LogP contribution in [0.25, 0.3) is 0 Å². The van der Waals surface area contributed by atoms with E-state index in [-0.39, 0.29) is 10.9 Å². The number of ether oxygens (including phenoxy) is 2. The van der Waals surface area contributed by atoms with Crippen molar-refractivity contribution in [1.29, 1.82) is 0 Å². The average molecular weight is 419 g/mol. The van der Waals surface area contributed by atoms with Crippen LogP contribution in [0.3, 0.4) is 0 Å². The molecule has 29 heavy (non-hydrogen) atoms. The van der Waals surface area contributed by atoms with Crippen molar-refractivity contribution in [2.45, 2.75) is 19.9 Å². The van der Waals surface area contributed by atoms with Gasteiger partial charge in [0.25, 0.3) is 0 Å². The number of hydrogen-bond donors (Lipinski definition) is 2. The maximum atomic E-state index is 12.4. The number of halogens is 1. The van der Waals surface area contributed by atoms with Gasteiger partial charge in [-0.1, -0.05) is 43.6 Å². The van der Waals surface area contributed by atoms with Gasteiger partial charge in [0.05, 0.1) is 12.1 Å². The van der Waals surface area contributed by atoms with Crippen molar-refractivity contribution < 1.29 is 23.9 Å². The number of benzene rings is 2. The second-order valence-corrected chi connectivity index (χ2v) is 6.97. The monoisotopic (exact) mass is 418 g/mol. The van der Waals surface area contributed by atoms with Crippen LogP contribution in [0.2, 0.25) is 5.02 Å². The number of nitrogens with one attached hydrogen (secondary N) is 2. The SMILES string of the molecule is COc1ccc(C(=O)COC(=O)[C@H](NC(=O)Nc2ccccc2)C(C)C)cc1Cl. The zero-order valence-corrected chi connectivity index (χ0v) is 17.2. The Kier molecular flexibility index (Phi) is 8.03. The first-order chi connectivity index (χ1) is 13.8. The second kappa shape index (κ2) is 10.5. The fourth-order valence-corrected chi connectivity index (χ4v) is 2.73. The minimum atomic E-state index is -0.911. The van der Waals surface area contributed by atoms with E-state index in [1.165, 1.54) is 19.2 Å². The van der Waals surface area contributed by atoms with Crippen LogP contribution in [-0.4, -0.2) is 37.5 Å². The number of ketones is 1. The number of rotatable bonds is 8. The lowest BCUT2D eigenvalue weighted by molar-refractivity contribution is -0.145. The molecule has 8 heteroatoms. The molecule has 0 aliphatic heterocycles. The fourth-order valence-electron chi connectivity index (χ4n) is 2.48. The normalized spacial score (nSPS) is 11.5. The van der Waals surface area contributed by atoms with Crippen LogP contribution >= 0.6 is 11.6 Å². The van der Waals surface area contributed by atoms with Gasteiger partial charge in [0.1, 0.15) is 11.8 Å². The van der Waals surface area contributed by atoms with E-state index in [4.69, 9.17) is 21.1 Å². The molecule has 0 aliphatic carbocycles. The number of carbonyl (C=O) groups is 3. The molecule has 0 aliphatic rings. The van der Waals surface area contributed by atoms with Gasteiger partial charge in [-0.05, 0) is 36.2 Å². The van der Waals surface area contributed by atoms with Crippen LogP contribution in [0.1, 0.15) is 24.2 Å². The van der Waals surface area contributed by atoms with Gasteiger partial charge in [-0.15, -0.1) is 0 Å². The highest BCUT2D eigenvalue weighted by molar-refractivity contribution is 6.32. The molecule has 0 unspecified atom stereocenters. The maximum absolute atomic E-state index is 12.4. The Hall–Kier alpha value is -3.06. The highest BCUT2D eigenvalue weighted by Gasteiger charge is 2.26. The number of carbonyl (C=O) groups excluding carboxylic acids is 3. The van der Waals surface area contributed by atoms with E-state index < -0.39 is 30.4 Å². The molecule has 2 aromatic rings. The molecule has 0 radical (unpaired) electrons. The Morgan fingerprint density at radius 3 is 2.34 bits per heavy atom. The van der Waals surface area contributed by atoms with E-state index in [9.17, 15) is 14.4 Å². The van der Waals surface area contributed by atoms with E-state index in [0.717, 1.165) is 0 Å². The summed E-state index contributed by atoms with van der Waals surface area (Å²) < 4.78 is 10.2. The quantitative estimate of drug-likeness (QED) is 0.500. The summed E-state index contributed by atoms with van der Waals surface area (Å²) >= 11 is 6.01. The largest absolute Gasteiger partial charge is 0.495 e. The molecule has 0 heterocycles. The van der Waals surface area contributed by atoms with Gasteiger partial charge < -0.3 is 20.1 Å². The molecule has 1 atom stereocenters. The molecule has 0 aromatic heterocycles. The van der Waals surface area contributed by atoms with Gasteiger partial charge in [-0.3, -0.25) is 4.79 Å². The van der Waals surface area contributed by atoms with E-state index in [1.807, 2.05) is 6.07 Å². The summed E-state index contributed by atoms with van der Waals surface area (Å²) in [4.78, 5) is 36.9. The minimum Gasteiger partial charge on any atom is -0.495 e. The lowest BCUT2D eigenvalue weighted by atomic mass is 10.0. The third-order valence-electron chi connectivity index (χ3n) is 4.06. The third kappa shape index (κ3) is 6.50. The predicted octanol–water partition coefficient (Wildman–Crippen LogP) is 3.92. The van der Waals surface area contributed by atoms with Gasteiger partial charge in [0, 0.05) is 11.3 Å². The molecule has 154 valence electrons. The Balaban J connectivity index is 1.94. The number of methoxy groups -OCH3 is 1. The average Bonchev–Trinajstić information content (AvgIpc) is 2.70. The fraction of sp³-hybridized carbons (Fsp3) is 0.286. The van der Waals surface area contributed by atoms with Crippen molar-refractivity contribution in [1.82, 2.24) is 5.32 Å². The van der Waals surface area contributed by atoms with Crippen molar-refractivity contribution in [3.05, 3.63) is 59.1 Å². The second-order valence-electron chi connectivity index (χ2n) is 6.57. The standard InChI is InChI=1S/C21H23ClN2O5/c1-13(2)19(24-21(27)23-15-7-5-4-6-8-15)20(26)29-12-17(25)14-9-10-18(28-3)16(22)11-14/h4-11,13,19H,12H2,1-3H3,(H2,23,24,27)/t19-/m1/s1. The van der Waals surface area contributed by atoms with Crippen molar-refractivity contribution in [2.75, 3.05) is 19.0 Å². The molecule has 2 amide bonds. The van der Waals surface area contributed by atoms with E-state index in [1.54, 1.807) is 44.2 Å². The number of amides is 2. The first kappa shape index (κ1) is 22.2. The highest BCUT2D eigenvalue weighted by Crippen LogP contribution is 2.25. The molecule has 0 saturated heterocycles. The van der Waals surface area contributed by atoms with Crippen LogP contribution in [0, 0.1) is 5.92 Å². The Labute approximate surface area is 174 Å². The van der Waals surface area contributed by atoms with Crippen molar-refractivity contribution >= 4 is 35.1 Å². The highest BCUT2D eigenvalue weighted by atomic mass is 35.5. The topological polar surface area (TPSA) is 93.7 Å². The summed E-state index contributed by atoms with van der Waals surface area (Å²) in [6, 6.07) is 11.9. The lowest BCUT2D eigenvalue weighted by Crippen LogP contribution is -2.47. The third-order valence-corrected chi connectivity index (χ3v) is 4.35. The lowest BCUT2D eigenvalue weighted by Gasteiger charge is -2.21. The first-order valence-corrected chi connectivity index (χ1v) is 9.35. The number of anilines is 1. The van der Waals surface area contributed by atoms with Crippen LogP contribution < -0.4 is 15.4 Å². The molecule has 0 bridgehead atoms. The van der Waals surface area contributed by atoms with E-state index in [2.05, 4.69) is 10.6 Å². The summed E-state index contributed by atoms with van der Waals surface area (Å²) in [6.45, 7) is 3.06. The molecule has 2 rings (SSSR count). The van der Waals surface area contributed by atoms with Gasteiger partial charge >= 0.3 is 12.0 Å². The van der Waals surface area contributed by atoms with Crippen molar-refractivity contribution in [3.8, 4) is 5.75 Å². The van der Waals surface area contributed by atoms with Crippen LogP contribution in [0.4, 0.5) is 10.5 Å². The summed E-state index contributed by atoms with van der Waals surface area (Å²) in [5.74, 6) is -0.918. The Morgan fingerprint density at radius 1 is 1.07 bits per heavy atom. The molecular formula is C21H23ClN2O5. The van der Waals surface area contributed by atoms with E-state index >= 15 is 0 Å². The summed E-state index contributed by atoms with van der Waals surface area (Å²) in [6.07, 6.45) is 0. The first-order valence-electron chi connectivity index (χ1n) is 8.97. The molecule has 7 nitrogen and oxygen atoms in total. The Bertz CT molecular complexity index is 871. The van der Waals surface area contributed by atoms with Gasteiger partial charge in [0.15, 0.2) is 12.4 Å². The van der Waals surface area contributed by atoms with Gasteiger partial charge in [0.2, 0.25) is 0 Å². The summed E-state index contributed by atoms with van der Waals surface area (Å²) in [7, 11) is 1.47. The van der Waals surface area contributed by atoms with Crippen LogP contribution in [0.5, 0.6) is 5.75 Å². The number of esters is 1. The number of para-hydroxylation sites is 1.